The fourth-order valence-electron chi connectivity index (χ4n) is 0.590. The molecule has 0 radical (unpaired) electrons. The zero-order chi connectivity index (χ0) is 6.69. The van der Waals surface area contributed by atoms with Gasteiger partial charge in [0.1, 0.15) is 0 Å². The monoisotopic (exact) mass is 250 g/mol. The Bertz CT molecular complexity index is 181. The van der Waals surface area contributed by atoms with E-state index in [1.54, 1.807) is 0 Å². The van der Waals surface area contributed by atoms with Crippen LogP contribution in [0.4, 0.5) is 0 Å². The van der Waals surface area contributed by atoms with Gasteiger partial charge in [-0.1, -0.05) is 12.1 Å². The van der Waals surface area contributed by atoms with Crippen LogP contribution >= 0.6 is 35.2 Å². The van der Waals surface area contributed by atoms with Crippen molar-refractivity contribution in [1.82, 2.24) is 0 Å². The van der Waals surface area contributed by atoms with E-state index in [2.05, 4.69) is 59.5 Å². The minimum atomic E-state index is 0.830. The third-order valence-corrected chi connectivity index (χ3v) is 2.18. The molecule has 0 saturated heterocycles. The van der Waals surface area contributed by atoms with Crippen molar-refractivity contribution in [2.24, 2.45) is 0 Å². The summed E-state index contributed by atoms with van der Waals surface area (Å²) in [5.41, 5.74) is 1.28. The molecule has 9 heavy (non-hydrogen) atoms. The molecule has 0 amide bonds. The molecule has 48 valence electrons. The van der Waals surface area contributed by atoms with E-state index in [4.69, 9.17) is 0 Å². The lowest BCUT2D eigenvalue weighted by Crippen LogP contribution is -1.75. The smallest absolute Gasteiger partial charge is 0.0154 e. The van der Waals surface area contributed by atoms with Crippen LogP contribution in [0.1, 0.15) is 5.56 Å². The van der Waals surface area contributed by atoms with E-state index in [1.807, 2.05) is 0 Å². The number of hydrogen-bond acceptors (Lipinski definition) is 1. The highest BCUT2D eigenvalue weighted by molar-refractivity contribution is 14.1. The summed E-state index contributed by atoms with van der Waals surface area (Å²) in [7, 11) is 0. The van der Waals surface area contributed by atoms with Gasteiger partial charge < -0.3 is 0 Å². The first kappa shape index (κ1) is 7.41. The molecule has 1 aromatic carbocycles. The topological polar surface area (TPSA) is 0 Å². The molecule has 0 aliphatic carbocycles. The third-order valence-electron chi connectivity index (χ3n) is 1.10. The minimum absolute atomic E-state index is 0.830. The molecule has 1 rings (SSSR count). The maximum atomic E-state index is 4.14. The minimum Gasteiger partial charge on any atom is -0.175 e. The largest absolute Gasteiger partial charge is 0.175 e. The first-order valence-electron chi connectivity index (χ1n) is 2.68. The molecule has 0 N–H and O–H groups in total. The van der Waals surface area contributed by atoms with Crippen molar-refractivity contribution in [3.05, 3.63) is 33.4 Å². The summed E-state index contributed by atoms with van der Waals surface area (Å²) in [5, 5.41) is 0. The molecule has 0 atom stereocenters. The van der Waals surface area contributed by atoms with Gasteiger partial charge in [-0.2, -0.15) is 12.6 Å². The van der Waals surface area contributed by atoms with Gasteiger partial charge in [0.25, 0.3) is 0 Å². The van der Waals surface area contributed by atoms with Crippen molar-refractivity contribution < 1.29 is 0 Å². The molecule has 1 aromatic rings. The SMILES string of the molecule is SCc1ccc(I)cc1. The third kappa shape index (κ3) is 2.18. The zero-order valence-corrected chi connectivity index (χ0v) is 7.89. The molecule has 2 heteroatoms. The normalized spacial score (nSPS) is 9.56. The van der Waals surface area contributed by atoms with Gasteiger partial charge in [0.2, 0.25) is 0 Å². The number of hydrogen-bond donors (Lipinski definition) is 1. The standard InChI is InChI=1S/C7H7IS/c8-7-3-1-6(5-9)2-4-7/h1-4,9H,5H2. The predicted octanol–water partition coefficient (Wildman–Crippen LogP) is 2.72. The fourth-order valence-corrected chi connectivity index (χ4v) is 1.16. The van der Waals surface area contributed by atoms with Crippen molar-refractivity contribution in [1.29, 1.82) is 0 Å². The van der Waals surface area contributed by atoms with E-state index in [0.717, 1.165) is 5.75 Å². The van der Waals surface area contributed by atoms with Gasteiger partial charge in [-0.05, 0) is 40.3 Å². The van der Waals surface area contributed by atoms with Crippen molar-refractivity contribution in [3.63, 3.8) is 0 Å². The molecule has 0 aliphatic rings. The summed E-state index contributed by atoms with van der Waals surface area (Å²) in [6, 6.07) is 8.36. The maximum absolute atomic E-state index is 4.14. The zero-order valence-electron chi connectivity index (χ0n) is 4.84. The summed E-state index contributed by atoms with van der Waals surface area (Å²) >= 11 is 6.43. The van der Waals surface area contributed by atoms with Crippen molar-refractivity contribution in [2.75, 3.05) is 0 Å². The molecule has 0 fully saturated rings. The molecule has 0 heterocycles. The number of halogens is 1. The highest BCUT2D eigenvalue weighted by Gasteiger charge is 1.86. The van der Waals surface area contributed by atoms with Crippen LogP contribution in [0.3, 0.4) is 0 Å². The van der Waals surface area contributed by atoms with Gasteiger partial charge in [-0.15, -0.1) is 0 Å². The van der Waals surface area contributed by atoms with Crippen LogP contribution < -0.4 is 0 Å². The van der Waals surface area contributed by atoms with E-state index in [9.17, 15) is 0 Å². The Morgan fingerprint density at radius 2 is 1.78 bits per heavy atom. The molecular weight excluding hydrogens is 243 g/mol. The average molecular weight is 250 g/mol. The molecule has 0 nitrogen and oxygen atoms in total. The van der Waals surface area contributed by atoms with Crippen molar-refractivity contribution in [3.8, 4) is 0 Å². The molecule has 0 bridgehead atoms. The molecule has 0 saturated carbocycles. The highest BCUT2D eigenvalue weighted by Crippen LogP contribution is 2.07. The van der Waals surface area contributed by atoms with E-state index in [1.165, 1.54) is 9.13 Å². The Hall–Kier alpha value is 0.300. The lowest BCUT2D eigenvalue weighted by Gasteiger charge is -1.92. The second kappa shape index (κ2) is 3.46. The van der Waals surface area contributed by atoms with E-state index in [-0.39, 0.29) is 0 Å². The second-order valence-corrected chi connectivity index (χ2v) is 3.35. The van der Waals surface area contributed by atoms with Gasteiger partial charge >= 0.3 is 0 Å². The van der Waals surface area contributed by atoms with Crippen LogP contribution in [0.5, 0.6) is 0 Å². The van der Waals surface area contributed by atoms with Crippen molar-refractivity contribution in [2.45, 2.75) is 5.75 Å². The van der Waals surface area contributed by atoms with E-state index in [0.29, 0.717) is 0 Å². The van der Waals surface area contributed by atoms with Gasteiger partial charge in [0, 0.05) is 9.32 Å². The lowest BCUT2D eigenvalue weighted by molar-refractivity contribution is 1.41. The summed E-state index contributed by atoms with van der Waals surface area (Å²) in [5.74, 6) is 0.830. The van der Waals surface area contributed by atoms with Crippen molar-refractivity contribution >= 4 is 35.2 Å². The first-order chi connectivity index (χ1) is 4.33. The molecule has 0 unspecified atom stereocenters. The quantitative estimate of drug-likeness (QED) is 0.575. The Balaban J connectivity index is 2.88. The number of thiol groups is 1. The first-order valence-corrected chi connectivity index (χ1v) is 4.39. The Kier molecular flexibility index (Phi) is 2.85. The van der Waals surface area contributed by atoms with E-state index < -0.39 is 0 Å². The Morgan fingerprint density at radius 1 is 1.22 bits per heavy atom. The second-order valence-electron chi connectivity index (χ2n) is 1.78. The van der Waals surface area contributed by atoms with E-state index >= 15 is 0 Å². The van der Waals surface area contributed by atoms with Crippen LogP contribution in [0, 0.1) is 3.57 Å². The van der Waals surface area contributed by atoms with Gasteiger partial charge in [-0.3, -0.25) is 0 Å². The molecule has 0 aliphatic heterocycles. The van der Waals surface area contributed by atoms with Crippen LogP contribution in [-0.2, 0) is 5.75 Å². The van der Waals surface area contributed by atoms with Gasteiger partial charge in [0.05, 0.1) is 0 Å². The molecule has 0 spiro atoms. The van der Waals surface area contributed by atoms with Gasteiger partial charge in [0.15, 0.2) is 0 Å². The van der Waals surface area contributed by atoms with Gasteiger partial charge in [-0.25, -0.2) is 0 Å². The average Bonchev–Trinajstić information content (AvgIpc) is 1.90. The molecule has 0 aromatic heterocycles. The maximum Gasteiger partial charge on any atom is 0.0154 e. The highest BCUT2D eigenvalue weighted by atomic mass is 127. The van der Waals surface area contributed by atoms with Crippen LogP contribution in [0.15, 0.2) is 24.3 Å². The number of rotatable bonds is 1. The summed E-state index contributed by atoms with van der Waals surface area (Å²) in [4.78, 5) is 0. The lowest BCUT2D eigenvalue weighted by atomic mass is 10.2. The van der Waals surface area contributed by atoms with Crippen LogP contribution in [-0.4, -0.2) is 0 Å². The predicted molar refractivity (Wildman–Crippen MR) is 51.8 cm³/mol. The Morgan fingerprint density at radius 3 is 2.22 bits per heavy atom. The fraction of sp³-hybridized carbons (Fsp3) is 0.143. The Labute approximate surface area is 74.2 Å². The summed E-state index contributed by atoms with van der Waals surface area (Å²) in [6.07, 6.45) is 0. The van der Waals surface area contributed by atoms with Crippen LogP contribution in [0.25, 0.3) is 0 Å². The number of benzene rings is 1. The summed E-state index contributed by atoms with van der Waals surface area (Å²) < 4.78 is 1.28. The summed E-state index contributed by atoms with van der Waals surface area (Å²) in [6.45, 7) is 0. The van der Waals surface area contributed by atoms with Crippen LogP contribution in [0.2, 0.25) is 0 Å². The molecular formula is C7H7IS.